The molecule has 0 amide bonds. The second kappa shape index (κ2) is 4.49. The lowest BCUT2D eigenvalue weighted by atomic mass is 9.53. The van der Waals surface area contributed by atoms with Crippen LogP contribution in [0.25, 0.3) is 0 Å². The van der Waals surface area contributed by atoms with Crippen molar-refractivity contribution in [2.24, 2.45) is 23.2 Å². The molecule has 3 aliphatic carbocycles. The third-order valence-electron chi connectivity index (χ3n) is 7.01. The van der Waals surface area contributed by atoms with E-state index in [1.807, 2.05) is 12.1 Å². The van der Waals surface area contributed by atoms with E-state index in [1.165, 1.54) is 24.0 Å². The fraction of sp³-hybridized carbons (Fsp3) is 0.684. The molecule has 2 nitrogen and oxygen atoms in total. The molecular formula is C19H26O2. The van der Waals surface area contributed by atoms with E-state index >= 15 is 0 Å². The summed E-state index contributed by atoms with van der Waals surface area (Å²) in [6.07, 6.45) is 5.49. The maximum Gasteiger partial charge on any atom is 0.115 e. The van der Waals surface area contributed by atoms with Gasteiger partial charge in [-0.1, -0.05) is 19.9 Å². The number of benzene rings is 1. The highest BCUT2D eigenvalue weighted by Crippen LogP contribution is 2.62. The van der Waals surface area contributed by atoms with Crippen molar-refractivity contribution in [2.45, 2.75) is 58.0 Å². The van der Waals surface area contributed by atoms with Gasteiger partial charge in [-0.05, 0) is 84.5 Å². The van der Waals surface area contributed by atoms with Crippen LogP contribution >= 0.6 is 0 Å². The number of aromatic hydroxyl groups is 1. The second-order valence-electron chi connectivity index (χ2n) is 7.99. The minimum absolute atomic E-state index is 0.100. The molecule has 6 atom stereocenters. The van der Waals surface area contributed by atoms with Crippen molar-refractivity contribution in [1.29, 1.82) is 0 Å². The van der Waals surface area contributed by atoms with Crippen LogP contribution in [0.3, 0.4) is 0 Å². The van der Waals surface area contributed by atoms with Gasteiger partial charge >= 0.3 is 0 Å². The summed E-state index contributed by atoms with van der Waals surface area (Å²) in [5, 5.41) is 20.2. The van der Waals surface area contributed by atoms with Crippen LogP contribution in [0.4, 0.5) is 0 Å². The SMILES string of the molecule is CC1Cc2cc(O)ccc2[C@H]2CC[C@]3(C)[C@H](O)CC[C@H]3[C@H]12. The van der Waals surface area contributed by atoms with Crippen molar-refractivity contribution in [3.8, 4) is 5.75 Å². The first-order valence-electron chi connectivity index (χ1n) is 8.50. The highest BCUT2D eigenvalue weighted by atomic mass is 16.3. The Morgan fingerprint density at radius 3 is 2.81 bits per heavy atom. The zero-order valence-electron chi connectivity index (χ0n) is 13.0. The maximum absolute atomic E-state index is 10.5. The predicted octanol–water partition coefficient (Wildman–Crippen LogP) is 3.86. The normalized spacial score (nSPS) is 44.8. The first-order chi connectivity index (χ1) is 10.0. The van der Waals surface area contributed by atoms with Crippen LogP contribution in [0.1, 0.15) is 56.6 Å². The van der Waals surface area contributed by atoms with Gasteiger partial charge in [0.15, 0.2) is 0 Å². The van der Waals surface area contributed by atoms with Crippen molar-refractivity contribution in [3.63, 3.8) is 0 Å². The summed E-state index contributed by atoms with van der Waals surface area (Å²) in [4.78, 5) is 0. The Labute approximate surface area is 127 Å². The number of aliphatic hydroxyl groups excluding tert-OH is 1. The molecule has 1 unspecified atom stereocenters. The molecule has 2 fully saturated rings. The first kappa shape index (κ1) is 13.6. The summed E-state index contributed by atoms with van der Waals surface area (Å²) in [5.41, 5.74) is 2.97. The number of phenolic OH excluding ortho intramolecular Hbond substituents is 1. The van der Waals surface area contributed by atoms with Gasteiger partial charge in [-0.15, -0.1) is 0 Å². The summed E-state index contributed by atoms with van der Waals surface area (Å²) in [6, 6.07) is 5.98. The lowest BCUT2D eigenvalue weighted by Crippen LogP contribution is -2.46. The van der Waals surface area contributed by atoms with Gasteiger partial charge in [0.05, 0.1) is 6.10 Å². The number of hydrogen-bond donors (Lipinski definition) is 2. The maximum atomic E-state index is 10.5. The number of rotatable bonds is 0. The Bertz CT molecular complexity index is 567. The third-order valence-corrected chi connectivity index (χ3v) is 7.01. The monoisotopic (exact) mass is 286 g/mol. The molecule has 0 aromatic heterocycles. The van der Waals surface area contributed by atoms with E-state index in [4.69, 9.17) is 0 Å². The van der Waals surface area contributed by atoms with E-state index in [9.17, 15) is 10.2 Å². The van der Waals surface area contributed by atoms with Crippen LogP contribution in [0, 0.1) is 23.2 Å². The molecule has 4 rings (SSSR count). The van der Waals surface area contributed by atoms with E-state index in [-0.39, 0.29) is 11.5 Å². The number of hydrogen-bond acceptors (Lipinski definition) is 2. The lowest BCUT2D eigenvalue weighted by molar-refractivity contribution is -0.0356. The van der Waals surface area contributed by atoms with Gasteiger partial charge in [-0.2, -0.15) is 0 Å². The number of aliphatic hydroxyl groups is 1. The third kappa shape index (κ3) is 1.81. The van der Waals surface area contributed by atoms with Gasteiger partial charge in [0.1, 0.15) is 5.75 Å². The Kier molecular flexibility index (Phi) is 2.91. The van der Waals surface area contributed by atoms with E-state index < -0.39 is 0 Å². The largest absolute Gasteiger partial charge is 0.508 e. The second-order valence-corrected chi connectivity index (χ2v) is 7.99. The molecule has 0 heterocycles. The van der Waals surface area contributed by atoms with E-state index in [2.05, 4.69) is 19.9 Å². The molecule has 0 bridgehead atoms. The topological polar surface area (TPSA) is 40.5 Å². The van der Waals surface area contributed by atoms with Crippen LogP contribution in [-0.4, -0.2) is 16.3 Å². The molecule has 0 radical (unpaired) electrons. The first-order valence-corrected chi connectivity index (χ1v) is 8.50. The molecule has 3 aliphatic rings. The fourth-order valence-corrected chi connectivity index (χ4v) is 5.94. The fourth-order valence-electron chi connectivity index (χ4n) is 5.94. The van der Waals surface area contributed by atoms with Crippen molar-refractivity contribution >= 4 is 0 Å². The molecule has 114 valence electrons. The average Bonchev–Trinajstić information content (AvgIpc) is 2.74. The smallest absolute Gasteiger partial charge is 0.115 e. The molecule has 21 heavy (non-hydrogen) atoms. The van der Waals surface area contributed by atoms with Gasteiger partial charge in [0, 0.05) is 0 Å². The molecule has 0 spiro atoms. The molecule has 1 aromatic carbocycles. The zero-order valence-corrected chi connectivity index (χ0v) is 13.0. The predicted molar refractivity (Wildman–Crippen MR) is 83.3 cm³/mol. The minimum Gasteiger partial charge on any atom is -0.508 e. The Hall–Kier alpha value is -1.02. The zero-order chi connectivity index (χ0) is 14.8. The molecule has 0 aliphatic heterocycles. The summed E-state index contributed by atoms with van der Waals surface area (Å²) in [6.45, 7) is 4.70. The van der Waals surface area contributed by atoms with Crippen molar-refractivity contribution < 1.29 is 10.2 Å². The summed E-state index contributed by atoms with van der Waals surface area (Å²) in [5.74, 6) is 3.06. The molecule has 1 aromatic rings. The van der Waals surface area contributed by atoms with Crippen LogP contribution < -0.4 is 0 Å². The lowest BCUT2D eigenvalue weighted by Gasteiger charge is -2.52. The average molecular weight is 286 g/mol. The van der Waals surface area contributed by atoms with Gasteiger partial charge in [0.2, 0.25) is 0 Å². The van der Waals surface area contributed by atoms with Crippen LogP contribution in [-0.2, 0) is 6.42 Å². The van der Waals surface area contributed by atoms with Gasteiger partial charge < -0.3 is 10.2 Å². The summed E-state index contributed by atoms with van der Waals surface area (Å²) in [7, 11) is 0. The van der Waals surface area contributed by atoms with Gasteiger partial charge in [-0.25, -0.2) is 0 Å². The Balaban J connectivity index is 1.76. The summed E-state index contributed by atoms with van der Waals surface area (Å²) < 4.78 is 0. The Morgan fingerprint density at radius 1 is 1.19 bits per heavy atom. The Morgan fingerprint density at radius 2 is 2.00 bits per heavy atom. The van der Waals surface area contributed by atoms with Gasteiger partial charge in [0.25, 0.3) is 0 Å². The van der Waals surface area contributed by atoms with Crippen LogP contribution in [0.15, 0.2) is 18.2 Å². The summed E-state index contributed by atoms with van der Waals surface area (Å²) >= 11 is 0. The van der Waals surface area contributed by atoms with E-state index in [1.54, 1.807) is 0 Å². The van der Waals surface area contributed by atoms with E-state index in [0.717, 1.165) is 19.3 Å². The van der Waals surface area contributed by atoms with Crippen molar-refractivity contribution in [2.75, 3.05) is 0 Å². The quantitative estimate of drug-likeness (QED) is 0.760. The van der Waals surface area contributed by atoms with Crippen molar-refractivity contribution in [1.82, 2.24) is 0 Å². The minimum atomic E-state index is -0.100. The molecular weight excluding hydrogens is 260 g/mol. The number of phenols is 1. The molecule has 2 heteroatoms. The molecule has 0 saturated heterocycles. The van der Waals surface area contributed by atoms with Crippen LogP contribution in [0.5, 0.6) is 5.75 Å². The van der Waals surface area contributed by atoms with Gasteiger partial charge in [-0.3, -0.25) is 0 Å². The standard InChI is InChI=1S/C19H26O2/c1-11-9-12-10-13(20)3-4-14(12)15-7-8-19(2)16(18(11)15)5-6-17(19)21/h3-4,10-11,15-18,20-21H,5-9H2,1-2H3/t11?,15-,16+,17-,18-,19+/m1/s1. The highest BCUT2D eigenvalue weighted by Gasteiger charge is 2.55. The highest BCUT2D eigenvalue weighted by molar-refractivity contribution is 5.40. The van der Waals surface area contributed by atoms with Crippen molar-refractivity contribution in [3.05, 3.63) is 29.3 Å². The van der Waals surface area contributed by atoms with Crippen LogP contribution in [0.2, 0.25) is 0 Å². The van der Waals surface area contributed by atoms with E-state index in [0.29, 0.717) is 29.4 Å². The molecule has 2 N–H and O–H groups in total. The molecule has 2 saturated carbocycles. The number of fused-ring (bicyclic) bond motifs is 5.